The molecule has 0 aliphatic carbocycles. The van der Waals surface area contributed by atoms with Gasteiger partial charge >= 0.3 is 0 Å². The molecule has 0 saturated carbocycles. The Morgan fingerprint density at radius 1 is 1.09 bits per heavy atom. The maximum absolute atomic E-state index is 12.1. The highest BCUT2D eigenvalue weighted by atomic mass is 79.9. The molecule has 2 rings (SSSR count). The van der Waals surface area contributed by atoms with Gasteiger partial charge in [0.2, 0.25) is 11.8 Å². The molecule has 0 spiro atoms. The van der Waals surface area contributed by atoms with Gasteiger partial charge in [0.15, 0.2) is 0 Å². The lowest BCUT2D eigenvalue weighted by Gasteiger charge is -2.12. The van der Waals surface area contributed by atoms with Crippen molar-refractivity contribution in [1.29, 1.82) is 0 Å². The van der Waals surface area contributed by atoms with E-state index >= 15 is 0 Å². The summed E-state index contributed by atoms with van der Waals surface area (Å²) in [5.74, 6) is -0.428. The van der Waals surface area contributed by atoms with Crippen LogP contribution >= 0.6 is 27.7 Å². The minimum atomic E-state index is -0.270. The average molecular weight is 393 g/mol. The molecule has 6 heteroatoms. The van der Waals surface area contributed by atoms with Gasteiger partial charge in [-0.25, -0.2) is 0 Å². The maximum atomic E-state index is 12.1. The van der Waals surface area contributed by atoms with Crippen molar-refractivity contribution in [3.8, 4) is 0 Å². The molecule has 1 atom stereocenters. The number of carbonyl (C=O) groups excluding carboxylic acids is 2. The molecule has 0 bridgehead atoms. The van der Waals surface area contributed by atoms with Gasteiger partial charge < -0.3 is 10.6 Å². The van der Waals surface area contributed by atoms with Crippen molar-refractivity contribution in [2.45, 2.75) is 17.1 Å². The van der Waals surface area contributed by atoms with Crippen LogP contribution in [0.4, 0.5) is 5.69 Å². The normalized spacial score (nSPS) is 11.6. The molecule has 0 saturated heterocycles. The summed E-state index contributed by atoms with van der Waals surface area (Å²) in [6.07, 6.45) is 0. The number of para-hydroxylation sites is 1. The first-order valence-electron chi connectivity index (χ1n) is 7.10. The molecular weight excluding hydrogens is 376 g/mol. The van der Waals surface area contributed by atoms with Gasteiger partial charge in [0.05, 0.1) is 17.5 Å². The predicted octanol–water partition coefficient (Wildman–Crippen LogP) is 3.68. The second kappa shape index (κ2) is 8.74. The molecule has 2 aromatic carbocycles. The molecule has 4 nitrogen and oxygen atoms in total. The lowest BCUT2D eigenvalue weighted by molar-refractivity contribution is -0.123. The molecule has 0 aromatic heterocycles. The van der Waals surface area contributed by atoms with Crippen LogP contribution in [0.1, 0.15) is 6.92 Å². The monoisotopic (exact) mass is 392 g/mol. The highest BCUT2D eigenvalue weighted by molar-refractivity contribution is 9.10. The quantitative estimate of drug-likeness (QED) is 0.737. The van der Waals surface area contributed by atoms with E-state index in [1.165, 1.54) is 11.8 Å². The van der Waals surface area contributed by atoms with Crippen LogP contribution in [0.15, 0.2) is 64.0 Å². The third kappa shape index (κ3) is 5.73. The van der Waals surface area contributed by atoms with Crippen LogP contribution in [0.25, 0.3) is 0 Å². The fraction of sp³-hybridized carbons (Fsp3) is 0.176. The molecule has 0 aliphatic rings. The second-order valence-electron chi connectivity index (χ2n) is 4.82. The van der Waals surface area contributed by atoms with E-state index < -0.39 is 0 Å². The number of amides is 2. The van der Waals surface area contributed by atoms with E-state index in [1.807, 2.05) is 55.5 Å². The van der Waals surface area contributed by atoms with E-state index in [0.29, 0.717) is 5.69 Å². The number of thioether (sulfide) groups is 1. The Bertz CT molecular complexity index is 679. The van der Waals surface area contributed by atoms with Gasteiger partial charge in [0.1, 0.15) is 0 Å². The van der Waals surface area contributed by atoms with Gasteiger partial charge in [-0.3, -0.25) is 9.59 Å². The van der Waals surface area contributed by atoms with Crippen LogP contribution in [-0.4, -0.2) is 23.6 Å². The smallest absolute Gasteiger partial charge is 0.243 e. The molecule has 0 aliphatic heterocycles. The van der Waals surface area contributed by atoms with Crippen molar-refractivity contribution in [2.24, 2.45) is 0 Å². The van der Waals surface area contributed by atoms with E-state index in [-0.39, 0.29) is 23.6 Å². The molecule has 2 aromatic rings. The van der Waals surface area contributed by atoms with Crippen molar-refractivity contribution < 1.29 is 9.59 Å². The van der Waals surface area contributed by atoms with Gasteiger partial charge in [0.25, 0.3) is 0 Å². The van der Waals surface area contributed by atoms with E-state index in [2.05, 4.69) is 26.6 Å². The summed E-state index contributed by atoms with van der Waals surface area (Å²) in [4.78, 5) is 25.0. The Morgan fingerprint density at radius 3 is 2.43 bits per heavy atom. The number of hydrogen-bond donors (Lipinski definition) is 2. The van der Waals surface area contributed by atoms with Crippen LogP contribution in [0.2, 0.25) is 0 Å². The summed E-state index contributed by atoms with van der Waals surface area (Å²) in [6, 6.07) is 17.0. The third-order valence-electron chi connectivity index (χ3n) is 3.00. The molecule has 0 heterocycles. The van der Waals surface area contributed by atoms with Crippen LogP contribution in [0, 0.1) is 0 Å². The number of carbonyl (C=O) groups is 2. The lowest BCUT2D eigenvalue weighted by Crippen LogP contribution is -2.37. The Balaban J connectivity index is 1.79. The summed E-state index contributed by atoms with van der Waals surface area (Å²) in [5, 5.41) is 5.13. The number of hydrogen-bond acceptors (Lipinski definition) is 3. The van der Waals surface area contributed by atoms with Gasteiger partial charge in [-0.05, 0) is 47.1 Å². The Labute approximate surface area is 148 Å². The van der Waals surface area contributed by atoms with Gasteiger partial charge in [0, 0.05) is 9.37 Å². The zero-order chi connectivity index (χ0) is 16.7. The van der Waals surface area contributed by atoms with Crippen molar-refractivity contribution in [2.75, 3.05) is 11.9 Å². The van der Waals surface area contributed by atoms with Crippen molar-refractivity contribution in [1.82, 2.24) is 5.32 Å². The summed E-state index contributed by atoms with van der Waals surface area (Å²) in [5.41, 5.74) is 0.679. The first-order valence-corrected chi connectivity index (χ1v) is 8.77. The van der Waals surface area contributed by atoms with Gasteiger partial charge in [-0.1, -0.05) is 30.3 Å². The molecule has 2 amide bonds. The highest BCUT2D eigenvalue weighted by Crippen LogP contribution is 2.23. The Hall–Kier alpha value is -1.79. The van der Waals surface area contributed by atoms with Crippen molar-refractivity contribution in [3.05, 3.63) is 59.1 Å². The predicted molar refractivity (Wildman–Crippen MR) is 97.5 cm³/mol. The number of rotatable bonds is 6. The van der Waals surface area contributed by atoms with Crippen LogP contribution in [0.5, 0.6) is 0 Å². The molecule has 23 heavy (non-hydrogen) atoms. The zero-order valence-corrected chi connectivity index (χ0v) is 15.0. The minimum Gasteiger partial charge on any atom is -0.346 e. The lowest BCUT2D eigenvalue weighted by atomic mass is 10.3. The third-order valence-corrected chi connectivity index (χ3v) is 4.80. The summed E-state index contributed by atoms with van der Waals surface area (Å²) in [7, 11) is 0. The molecule has 0 unspecified atom stereocenters. The van der Waals surface area contributed by atoms with E-state index in [1.54, 1.807) is 6.07 Å². The molecule has 120 valence electrons. The van der Waals surface area contributed by atoms with Crippen LogP contribution in [0.3, 0.4) is 0 Å². The summed E-state index contributed by atoms with van der Waals surface area (Å²) >= 11 is 4.82. The minimum absolute atomic E-state index is 0.0557. The maximum Gasteiger partial charge on any atom is 0.243 e. The average Bonchev–Trinajstić information content (AvgIpc) is 2.55. The van der Waals surface area contributed by atoms with E-state index in [4.69, 9.17) is 0 Å². The van der Waals surface area contributed by atoms with E-state index in [0.717, 1.165) is 9.37 Å². The fourth-order valence-corrected chi connectivity index (χ4v) is 3.12. The molecule has 2 N–H and O–H groups in total. The van der Waals surface area contributed by atoms with Crippen molar-refractivity contribution in [3.63, 3.8) is 0 Å². The standard InChI is InChI=1S/C17H17BrN2O2S/c1-12(23-13-7-3-2-4-8-13)17(22)19-11-16(21)20-15-10-6-5-9-14(15)18/h2-10,12H,11H2,1H3,(H,19,22)(H,20,21)/t12-/m0/s1. The van der Waals surface area contributed by atoms with Crippen LogP contribution < -0.4 is 10.6 Å². The topological polar surface area (TPSA) is 58.2 Å². The number of nitrogens with one attached hydrogen (secondary N) is 2. The molecular formula is C17H17BrN2O2S. The molecule has 0 radical (unpaired) electrons. The van der Waals surface area contributed by atoms with Gasteiger partial charge in [-0.2, -0.15) is 0 Å². The van der Waals surface area contributed by atoms with Crippen molar-refractivity contribution >= 4 is 45.2 Å². The van der Waals surface area contributed by atoms with Crippen LogP contribution in [-0.2, 0) is 9.59 Å². The Kier molecular flexibility index (Phi) is 6.67. The SMILES string of the molecule is C[C@H](Sc1ccccc1)C(=O)NCC(=O)Nc1ccccc1Br. The largest absolute Gasteiger partial charge is 0.346 e. The number of anilines is 1. The molecule has 0 fully saturated rings. The first kappa shape index (κ1) is 17.6. The summed E-state index contributed by atoms with van der Waals surface area (Å²) in [6.45, 7) is 1.76. The highest BCUT2D eigenvalue weighted by Gasteiger charge is 2.15. The second-order valence-corrected chi connectivity index (χ2v) is 7.09. The zero-order valence-electron chi connectivity index (χ0n) is 12.6. The van der Waals surface area contributed by atoms with Gasteiger partial charge in [-0.15, -0.1) is 11.8 Å². The Morgan fingerprint density at radius 2 is 1.74 bits per heavy atom. The fourth-order valence-electron chi connectivity index (χ4n) is 1.82. The number of halogens is 1. The summed E-state index contributed by atoms with van der Waals surface area (Å²) < 4.78 is 0.799. The number of benzene rings is 2. The van der Waals surface area contributed by atoms with E-state index in [9.17, 15) is 9.59 Å². The first-order chi connectivity index (χ1) is 11.1.